The highest BCUT2D eigenvalue weighted by atomic mass is 19.1. The number of carbonyl (C=O) groups is 1. The van der Waals surface area contributed by atoms with Crippen LogP contribution in [-0.2, 0) is 4.79 Å². The van der Waals surface area contributed by atoms with E-state index in [0.717, 1.165) is 11.3 Å². The second-order valence-corrected chi connectivity index (χ2v) is 3.31. The summed E-state index contributed by atoms with van der Waals surface area (Å²) in [6.07, 6.45) is 0.381. The number of hydrogen-bond acceptors (Lipinski definition) is 2. The minimum atomic E-state index is -0.275. The first-order valence-corrected chi connectivity index (χ1v) is 4.84. The van der Waals surface area contributed by atoms with Crippen molar-refractivity contribution in [3.8, 4) is 0 Å². The molecule has 0 aromatic heterocycles. The van der Waals surface area contributed by atoms with Gasteiger partial charge < -0.3 is 10.6 Å². The molecule has 0 aliphatic heterocycles. The summed E-state index contributed by atoms with van der Waals surface area (Å²) >= 11 is 0. The van der Waals surface area contributed by atoms with E-state index in [4.69, 9.17) is 0 Å². The topological polar surface area (TPSA) is 41.1 Å². The number of aryl methyl sites for hydroxylation is 1. The summed E-state index contributed by atoms with van der Waals surface area (Å²) in [4.78, 5) is 10.9. The van der Waals surface area contributed by atoms with Crippen molar-refractivity contribution in [2.75, 3.05) is 18.9 Å². The highest BCUT2D eigenvalue weighted by Crippen LogP contribution is 2.15. The van der Waals surface area contributed by atoms with Gasteiger partial charge >= 0.3 is 0 Å². The maximum atomic E-state index is 12.9. The number of hydrogen-bond donors (Lipinski definition) is 2. The van der Waals surface area contributed by atoms with Crippen LogP contribution in [0, 0.1) is 12.7 Å². The molecule has 0 fully saturated rings. The Morgan fingerprint density at radius 2 is 2.20 bits per heavy atom. The van der Waals surface area contributed by atoms with E-state index in [9.17, 15) is 9.18 Å². The van der Waals surface area contributed by atoms with E-state index >= 15 is 0 Å². The highest BCUT2D eigenvalue weighted by molar-refractivity contribution is 5.76. The first-order valence-electron chi connectivity index (χ1n) is 4.84. The molecule has 82 valence electrons. The van der Waals surface area contributed by atoms with Gasteiger partial charge in [0.15, 0.2) is 0 Å². The third-order valence-electron chi connectivity index (χ3n) is 2.15. The normalized spacial score (nSPS) is 9.80. The molecule has 0 unspecified atom stereocenters. The van der Waals surface area contributed by atoms with Gasteiger partial charge in [-0.05, 0) is 24.6 Å². The van der Waals surface area contributed by atoms with E-state index in [1.807, 2.05) is 6.92 Å². The molecule has 4 heteroatoms. The fourth-order valence-corrected chi connectivity index (χ4v) is 1.22. The van der Waals surface area contributed by atoms with Crippen molar-refractivity contribution in [1.29, 1.82) is 0 Å². The lowest BCUT2D eigenvalue weighted by molar-refractivity contribution is -0.120. The summed E-state index contributed by atoms with van der Waals surface area (Å²) in [5.41, 5.74) is 1.70. The van der Waals surface area contributed by atoms with Gasteiger partial charge in [-0.1, -0.05) is 6.07 Å². The molecule has 0 radical (unpaired) electrons. The van der Waals surface area contributed by atoms with Crippen LogP contribution in [0.3, 0.4) is 0 Å². The first kappa shape index (κ1) is 11.5. The van der Waals surface area contributed by atoms with Gasteiger partial charge in [0.25, 0.3) is 0 Å². The van der Waals surface area contributed by atoms with E-state index in [-0.39, 0.29) is 11.7 Å². The lowest BCUT2D eigenvalue weighted by Crippen LogP contribution is -2.20. The Hall–Kier alpha value is -1.58. The minimum Gasteiger partial charge on any atom is -0.384 e. The van der Waals surface area contributed by atoms with Crippen LogP contribution in [0.4, 0.5) is 10.1 Å². The Bertz CT molecular complexity index is 352. The molecule has 3 nitrogen and oxygen atoms in total. The van der Waals surface area contributed by atoms with E-state index in [0.29, 0.717) is 13.0 Å². The molecule has 0 aliphatic rings. The van der Waals surface area contributed by atoms with Crippen LogP contribution in [0.5, 0.6) is 0 Å². The zero-order chi connectivity index (χ0) is 11.3. The van der Waals surface area contributed by atoms with Gasteiger partial charge in [-0.3, -0.25) is 4.79 Å². The smallest absolute Gasteiger partial charge is 0.221 e. The Morgan fingerprint density at radius 3 is 2.87 bits per heavy atom. The number of nitrogens with one attached hydrogen (secondary N) is 2. The molecule has 0 spiro atoms. The number of benzene rings is 1. The van der Waals surface area contributed by atoms with Crippen molar-refractivity contribution in [3.63, 3.8) is 0 Å². The molecule has 15 heavy (non-hydrogen) atoms. The van der Waals surface area contributed by atoms with Crippen LogP contribution >= 0.6 is 0 Å². The molecule has 0 aliphatic carbocycles. The Morgan fingerprint density at radius 1 is 1.47 bits per heavy atom. The maximum absolute atomic E-state index is 12.9. The van der Waals surface area contributed by atoms with Crippen molar-refractivity contribution < 1.29 is 9.18 Å². The molecule has 0 saturated carbocycles. The molecule has 1 rings (SSSR count). The molecular formula is C11H15FN2O. The van der Waals surface area contributed by atoms with E-state index in [1.54, 1.807) is 13.1 Å². The second kappa shape index (κ2) is 5.34. The third kappa shape index (κ3) is 3.58. The summed E-state index contributed by atoms with van der Waals surface area (Å²) in [5, 5.41) is 5.54. The van der Waals surface area contributed by atoms with Crippen LogP contribution < -0.4 is 10.6 Å². The van der Waals surface area contributed by atoms with Gasteiger partial charge in [-0.15, -0.1) is 0 Å². The number of anilines is 1. The fraction of sp³-hybridized carbons (Fsp3) is 0.364. The lowest BCUT2D eigenvalue weighted by atomic mass is 10.2. The van der Waals surface area contributed by atoms with E-state index in [1.165, 1.54) is 12.1 Å². The zero-order valence-electron chi connectivity index (χ0n) is 8.93. The molecule has 1 aromatic rings. The van der Waals surface area contributed by atoms with Crippen molar-refractivity contribution in [2.45, 2.75) is 13.3 Å². The fourth-order valence-electron chi connectivity index (χ4n) is 1.22. The number of amides is 1. The average molecular weight is 210 g/mol. The van der Waals surface area contributed by atoms with Gasteiger partial charge in [-0.2, -0.15) is 0 Å². The predicted molar refractivity (Wildman–Crippen MR) is 58.3 cm³/mol. The monoisotopic (exact) mass is 210 g/mol. The number of rotatable bonds is 4. The standard InChI is InChI=1S/C11H15FN2O/c1-8-3-4-9(12)7-10(8)14-6-5-11(15)13-2/h3-4,7,14H,5-6H2,1-2H3,(H,13,15). The summed E-state index contributed by atoms with van der Waals surface area (Å²) in [7, 11) is 1.59. The van der Waals surface area contributed by atoms with Crippen LogP contribution in [-0.4, -0.2) is 19.5 Å². The van der Waals surface area contributed by atoms with Crippen molar-refractivity contribution in [1.82, 2.24) is 5.32 Å². The summed E-state index contributed by atoms with van der Waals surface area (Å²) in [6.45, 7) is 2.39. The second-order valence-electron chi connectivity index (χ2n) is 3.31. The van der Waals surface area contributed by atoms with Crippen LogP contribution in [0.15, 0.2) is 18.2 Å². The molecule has 1 amide bonds. The van der Waals surface area contributed by atoms with Gasteiger partial charge in [0.05, 0.1) is 0 Å². The van der Waals surface area contributed by atoms with E-state index < -0.39 is 0 Å². The Balaban J connectivity index is 2.50. The number of halogens is 1. The van der Waals surface area contributed by atoms with Gasteiger partial charge in [0.2, 0.25) is 5.91 Å². The van der Waals surface area contributed by atoms with Gasteiger partial charge in [0, 0.05) is 25.7 Å². The molecule has 0 heterocycles. The molecule has 1 aromatic carbocycles. The molecule has 0 atom stereocenters. The van der Waals surface area contributed by atoms with Gasteiger partial charge in [0.1, 0.15) is 5.82 Å². The largest absolute Gasteiger partial charge is 0.384 e. The highest BCUT2D eigenvalue weighted by Gasteiger charge is 2.01. The third-order valence-corrected chi connectivity index (χ3v) is 2.15. The van der Waals surface area contributed by atoms with Crippen LogP contribution in [0.1, 0.15) is 12.0 Å². The predicted octanol–water partition coefficient (Wildman–Crippen LogP) is 1.68. The number of carbonyl (C=O) groups excluding carboxylic acids is 1. The van der Waals surface area contributed by atoms with Crippen molar-refractivity contribution in [2.24, 2.45) is 0 Å². The summed E-state index contributed by atoms with van der Waals surface area (Å²) in [6, 6.07) is 4.55. The molecular weight excluding hydrogens is 195 g/mol. The minimum absolute atomic E-state index is 0.0310. The van der Waals surface area contributed by atoms with Crippen LogP contribution in [0.2, 0.25) is 0 Å². The molecule has 0 bridgehead atoms. The zero-order valence-corrected chi connectivity index (χ0v) is 8.93. The maximum Gasteiger partial charge on any atom is 0.221 e. The van der Waals surface area contributed by atoms with E-state index in [2.05, 4.69) is 10.6 Å². The SMILES string of the molecule is CNC(=O)CCNc1cc(F)ccc1C. The van der Waals surface area contributed by atoms with Crippen molar-refractivity contribution >= 4 is 11.6 Å². The molecule has 0 saturated heterocycles. The lowest BCUT2D eigenvalue weighted by Gasteiger charge is -2.08. The Kier molecular flexibility index (Phi) is 4.09. The van der Waals surface area contributed by atoms with Crippen molar-refractivity contribution in [3.05, 3.63) is 29.6 Å². The van der Waals surface area contributed by atoms with Crippen LogP contribution in [0.25, 0.3) is 0 Å². The quantitative estimate of drug-likeness (QED) is 0.794. The summed E-state index contributed by atoms with van der Waals surface area (Å²) < 4.78 is 12.9. The first-order chi connectivity index (χ1) is 7.13. The Labute approximate surface area is 88.7 Å². The summed E-state index contributed by atoms with van der Waals surface area (Å²) in [5.74, 6) is -0.306. The molecule has 2 N–H and O–H groups in total. The average Bonchev–Trinajstić information content (AvgIpc) is 2.23. The van der Waals surface area contributed by atoms with Gasteiger partial charge in [-0.25, -0.2) is 4.39 Å².